The molecular weight excluding hydrogens is 422 g/mol. The highest BCUT2D eigenvalue weighted by Gasteiger charge is 2.48. The molecule has 0 heterocycles. The molecule has 32 heavy (non-hydrogen) atoms. The molecular formula is C24H32F2O6. The Balaban J connectivity index is 2.33. The van der Waals surface area contributed by atoms with Crippen LogP contribution in [0.25, 0.3) is 0 Å². The van der Waals surface area contributed by atoms with Crippen molar-refractivity contribution in [3.63, 3.8) is 0 Å². The molecule has 0 aliphatic carbocycles. The summed E-state index contributed by atoms with van der Waals surface area (Å²) in [5, 5.41) is 62.1. The van der Waals surface area contributed by atoms with Crippen molar-refractivity contribution in [2.45, 2.75) is 69.5 Å². The molecule has 2 aromatic carbocycles. The number of aliphatic hydroxyl groups is 6. The van der Waals surface area contributed by atoms with Gasteiger partial charge in [-0.05, 0) is 47.2 Å². The van der Waals surface area contributed by atoms with Gasteiger partial charge in [-0.3, -0.25) is 0 Å². The van der Waals surface area contributed by atoms with E-state index >= 15 is 0 Å². The molecule has 0 aromatic heterocycles. The molecule has 0 saturated heterocycles. The first kappa shape index (κ1) is 26.3. The summed E-state index contributed by atoms with van der Waals surface area (Å²) in [7, 11) is 0. The monoisotopic (exact) mass is 454 g/mol. The van der Waals surface area contributed by atoms with Gasteiger partial charge in [0.1, 0.15) is 35.5 Å². The van der Waals surface area contributed by atoms with E-state index in [0.717, 1.165) is 6.07 Å². The van der Waals surface area contributed by atoms with Crippen molar-refractivity contribution in [2.24, 2.45) is 0 Å². The molecule has 1 unspecified atom stereocenters. The van der Waals surface area contributed by atoms with E-state index < -0.39 is 54.7 Å². The number of halogens is 2. The van der Waals surface area contributed by atoms with Crippen molar-refractivity contribution in [1.82, 2.24) is 0 Å². The maximum absolute atomic E-state index is 14.2. The first-order valence-electron chi connectivity index (χ1n) is 10.7. The fourth-order valence-corrected chi connectivity index (χ4v) is 3.82. The van der Waals surface area contributed by atoms with E-state index in [9.17, 15) is 39.4 Å². The first-order chi connectivity index (χ1) is 15.1. The highest BCUT2D eigenvalue weighted by Crippen LogP contribution is 2.28. The van der Waals surface area contributed by atoms with E-state index in [2.05, 4.69) is 0 Å². The number of aryl methyl sites for hydroxylation is 2. The van der Waals surface area contributed by atoms with Gasteiger partial charge >= 0.3 is 0 Å². The largest absolute Gasteiger partial charge is 0.394 e. The van der Waals surface area contributed by atoms with Gasteiger partial charge in [-0.2, -0.15) is 0 Å². The Labute approximate surface area is 186 Å². The maximum Gasteiger partial charge on any atom is 0.126 e. The van der Waals surface area contributed by atoms with Gasteiger partial charge in [0.15, 0.2) is 0 Å². The van der Waals surface area contributed by atoms with Crippen LogP contribution in [0.2, 0.25) is 0 Å². The third kappa shape index (κ3) is 5.89. The van der Waals surface area contributed by atoms with Crippen LogP contribution in [0.1, 0.15) is 36.1 Å². The van der Waals surface area contributed by atoms with Crippen LogP contribution < -0.4 is 0 Å². The summed E-state index contributed by atoms with van der Waals surface area (Å²) in [4.78, 5) is 0. The Morgan fingerprint density at radius 2 is 1.25 bits per heavy atom. The zero-order chi connectivity index (χ0) is 24.1. The molecule has 0 fully saturated rings. The predicted molar refractivity (Wildman–Crippen MR) is 115 cm³/mol. The number of hydrogen-bond donors (Lipinski definition) is 6. The van der Waals surface area contributed by atoms with Gasteiger partial charge in [0.25, 0.3) is 0 Å². The standard InChI is InChI=1S/C24H32F2O6/c1-3-16-7-5-14(9-18(16)25)11-20(28)22(30)24(32,23(31)21(29)13-27)12-15-6-8-17(4-2)19(26)10-15/h5-10,20-23,27-32H,3-4,11-13H2,1-2H3/t20?,21-,22+,23+,24+/m0/s1. The second-order valence-corrected chi connectivity index (χ2v) is 8.14. The lowest BCUT2D eigenvalue weighted by Gasteiger charge is -2.40. The molecule has 178 valence electrons. The molecule has 0 aliphatic rings. The lowest BCUT2D eigenvalue weighted by Crippen LogP contribution is -2.62. The lowest BCUT2D eigenvalue weighted by molar-refractivity contribution is -0.203. The third-order valence-corrected chi connectivity index (χ3v) is 5.87. The van der Waals surface area contributed by atoms with Crippen LogP contribution in [0.15, 0.2) is 36.4 Å². The van der Waals surface area contributed by atoms with Crippen LogP contribution in [-0.4, -0.2) is 67.3 Å². The Morgan fingerprint density at radius 1 is 0.781 bits per heavy atom. The SMILES string of the molecule is CCc1ccc(CC(O)[C@@H](O)[C@](O)(Cc2ccc(CC)c(F)c2)[C@H](O)[C@@H](O)CO)cc1F. The highest BCUT2D eigenvalue weighted by molar-refractivity contribution is 5.28. The number of benzene rings is 2. The van der Waals surface area contributed by atoms with Crippen LogP contribution >= 0.6 is 0 Å². The van der Waals surface area contributed by atoms with E-state index in [1.54, 1.807) is 26.0 Å². The normalized spacial score (nSPS) is 17.4. The van der Waals surface area contributed by atoms with Gasteiger partial charge in [-0.15, -0.1) is 0 Å². The summed E-state index contributed by atoms with van der Waals surface area (Å²) in [6.07, 6.45) is -7.42. The Morgan fingerprint density at radius 3 is 1.72 bits per heavy atom. The summed E-state index contributed by atoms with van der Waals surface area (Å²) in [6.45, 7) is 2.64. The van der Waals surface area contributed by atoms with Crippen LogP contribution in [0.4, 0.5) is 8.78 Å². The van der Waals surface area contributed by atoms with Gasteiger partial charge in [-0.25, -0.2) is 8.78 Å². The Hall–Kier alpha value is -1.94. The zero-order valence-corrected chi connectivity index (χ0v) is 18.2. The lowest BCUT2D eigenvalue weighted by atomic mass is 9.78. The number of aliphatic hydroxyl groups excluding tert-OH is 5. The second-order valence-electron chi connectivity index (χ2n) is 8.14. The zero-order valence-electron chi connectivity index (χ0n) is 18.2. The van der Waals surface area contributed by atoms with Crippen molar-refractivity contribution in [3.8, 4) is 0 Å². The molecule has 6 nitrogen and oxygen atoms in total. The number of rotatable bonds is 11. The smallest absolute Gasteiger partial charge is 0.126 e. The van der Waals surface area contributed by atoms with E-state index in [1.807, 2.05) is 0 Å². The van der Waals surface area contributed by atoms with Gasteiger partial charge in [0.2, 0.25) is 0 Å². The van der Waals surface area contributed by atoms with Crippen molar-refractivity contribution in [2.75, 3.05) is 6.61 Å². The fourth-order valence-electron chi connectivity index (χ4n) is 3.82. The average Bonchev–Trinajstić information content (AvgIpc) is 2.77. The molecule has 0 aliphatic heterocycles. The van der Waals surface area contributed by atoms with Gasteiger partial charge in [0.05, 0.1) is 12.7 Å². The van der Waals surface area contributed by atoms with Crippen LogP contribution in [-0.2, 0) is 25.7 Å². The minimum absolute atomic E-state index is 0.205. The number of hydrogen-bond acceptors (Lipinski definition) is 6. The van der Waals surface area contributed by atoms with E-state index in [4.69, 9.17) is 0 Å². The maximum atomic E-state index is 14.2. The molecule has 5 atom stereocenters. The van der Waals surface area contributed by atoms with E-state index in [-0.39, 0.29) is 12.0 Å². The minimum Gasteiger partial charge on any atom is -0.394 e. The minimum atomic E-state index is -2.54. The van der Waals surface area contributed by atoms with Gasteiger partial charge in [0, 0.05) is 12.8 Å². The fraction of sp³-hybridized carbons (Fsp3) is 0.500. The average molecular weight is 455 g/mol. The quantitative estimate of drug-likeness (QED) is 0.302. The molecule has 0 amide bonds. The van der Waals surface area contributed by atoms with Crippen molar-refractivity contribution < 1.29 is 39.4 Å². The van der Waals surface area contributed by atoms with Crippen molar-refractivity contribution in [1.29, 1.82) is 0 Å². The third-order valence-electron chi connectivity index (χ3n) is 5.87. The predicted octanol–water partition coefficient (Wildman–Crippen LogP) is 1.04. The van der Waals surface area contributed by atoms with E-state index in [1.165, 1.54) is 18.2 Å². The highest BCUT2D eigenvalue weighted by atomic mass is 19.1. The van der Waals surface area contributed by atoms with Crippen molar-refractivity contribution >= 4 is 0 Å². The van der Waals surface area contributed by atoms with Crippen LogP contribution in [0, 0.1) is 11.6 Å². The van der Waals surface area contributed by atoms with Gasteiger partial charge in [-0.1, -0.05) is 38.1 Å². The second kappa shape index (κ2) is 11.3. The molecule has 0 bridgehead atoms. The molecule has 0 spiro atoms. The summed E-state index contributed by atoms with van der Waals surface area (Å²) >= 11 is 0. The van der Waals surface area contributed by atoms with Crippen LogP contribution in [0.3, 0.4) is 0 Å². The Kier molecular flexibility index (Phi) is 9.27. The summed E-state index contributed by atoms with van der Waals surface area (Å²) in [6, 6.07) is 8.49. The van der Waals surface area contributed by atoms with Gasteiger partial charge < -0.3 is 30.6 Å². The topological polar surface area (TPSA) is 121 Å². The molecule has 2 rings (SSSR count). The van der Waals surface area contributed by atoms with Crippen molar-refractivity contribution in [3.05, 3.63) is 70.3 Å². The molecule has 0 radical (unpaired) electrons. The van der Waals surface area contributed by atoms with E-state index in [0.29, 0.717) is 29.5 Å². The van der Waals surface area contributed by atoms with Crippen LogP contribution in [0.5, 0.6) is 0 Å². The molecule has 8 heteroatoms. The molecule has 2 aromatic rings. The summed E-state index contributed by atoms with van der Waals surface area (Å²) < 4.78 is 28.3. The Bertz CT molecular complexity index is 893. The summed E-state index contributed by atoms with van der Waals surface area (Å²) in [5.41, 5.74) is -1.06. The first-order valence-corrected chi connectivity index (χ1v) is 10.7. The molecule has 6 N–H and O–H groups in total. The summed E-state index contributed by atoms with van der Waals surface area (Å²) in [5.74, 6) is -1.00. The molecule has 0 saturated carbocycles.